The summed E-state index contributed by atoms with van der Waals surface area (Å²) in [4.78, 5) is 23.9. The predicted octanol–water partition coefficient (Wildman–Crippen LogP) is 2.66. The van der Waals surface area contributed by atoms with Crippen molar-refractivity contribution in [3.8, 4) is 0 Å². The van der Waals surface area contributed by atoms with Crippen LogP contribution in [0.3, 0.4) is 0 Å². The number of alkyl halides is 1. The number of halogens is 1. The molecule has 2 N–H and O–H groups in total. The zero-order valence-corrected chi connectivity index (χ0v) is 10.2. The van der Waals surface area contributed by atoms with Gasteiger partial charge in [-0.15, -0.1) is 11.6 Å². The first-order valence-electron chi connectivity index (χ1n) is 5.55. The molecule has 0 bridgehead atoms. The van der Waals surface area contributed by atoms with E-state index in [0.29, 0.717) is 23.9 Å². The first kappa shape index (κ1) is 12.7. The quantitative estimate of drug-likeness (QED) is 0.818. The average Bonchev–Trinajstić information content (AvgIpc) is 2.67. The number of nitrogens with one attached hydrogen (secondary N) is 1. The first-order chi connectivity index (χ1) is 8.56. The topological polar surface area (TPSA) is 83.3 Å². The molecule has 0 aliphatic carbocycles. The number of aliphatic carboxylic acids is 1. The molecule has 2 aromatic rings. The second kappa shape index (κ2) is 5.27. The number of carbonyl (C=O) groups is 1. The van der Waals surface area contributed by atoms with Crippen molar-refractivity contribution < 1.29 is 14.3 Å². The number of rotatable bonds is 5. The van der Waals surface area contributed by atoms with Gasteiger partial charge in [0.15, 0.2) is 5.58 Å². The number of hydrogen-bond acceptors (Lipinski definition) is 3. The van der Waals surface area contributed by atoms with Crippen molar-refractivity contribution in [3.63, 3.8) is 0 Å². The molecule has 1 atom stereocenters. The van der Waals surface area contributed by atoms with Gasteiger partial charge in [0.2, 0.25) is 0 Å². The van der Waals surface area contributed by atoms with Crippen LogP contribution in [0.2, 0.25) is 0 Å². The lowest BCUT2D eigenvalue weighted by Crippen LogP contribution is -1.96. The van der Waals surface area contributed by atoms with Crippen LogP contribution in [0.5, 0.6) is 0 Å². The Balaban J connectivity index is 2.09. The van der Waals surface area contributed by atoms with Crippen molar-refractivity contribution >= 4 is 28.7 Å². The predicted molar refractivity (Wildman–Crippen MR) is 66.9 cm³/mol. The van der Waals surface area contributed by atoms with Crippen LogP contribution in [-0.2, 0) is 4.79 Å². The van der Waals surface area contributed by atoms with Crippen molar-refractivity contribution in [2.45, 2.75) is 24.6 Å². The van der Waals surface area contributed by atoms with Crippen molar-refractivity contribution in [2.75, 3.05) is 0 Å². The van der Waals surface area contributed by atoms with Gasteiger partial charge < -0.3 is 9.52 Å². The van der Waals surface area contributed by atoms with Gasteiger partial charge in [0.05, 0.1) is 10.9 Å². The maximum Gasteiger partial charge on any atom is 0.417 e. The fraction of sp³-hybridized carbons (Fsp3) is 0.333. The van der Waals surface area contributed by atoms with Gasteiger partial charge in [-0.3, -0.25) is 9.78 Å². The first-order valence-corrected chi connectivity index (χ1v) is 5.98. The second-order valence-electron chi connectivity index (χ2n) is 4.02. The third-order valence-corrected chi connectivity index (χ3v) is 3.13. The van der Waals surface area contributed by atoms with Crippen molar-refractivity contribution in [2.24, 2.45) is 0 Å². The molecule has 1 aromatic heterocycles. The zero-order valence-electron chi connectivity index (χ0n) is 9.48. The standard InChI is InChI=1S/C12H12ClNO4/c13-8(2-1-3-11(15)16)7-4-5-9-10(6-7)18-12(17)14-9/h4-6,8H,1-3H2,(H,14,17)(H,15,16). The summed E-state index contributed by atoms with van der Waals surface area (Å²) >= 11 is 6.17. The van der Waals surface area contributed by atoms with Crippen LogP contribution < -0.4 is 5.76 Å². The number of aromatic nitrogens is 1. The number of carboxylic acid groups (broad SMARTS) is 1. The molecule has 0 saturated heterocycles. The van der Waals surface area contributed by atoms with Crippen LogP contribution in [-0.4, -0.2) is 16.1 Å². The highest BCUT2D eigenvalue weighted by molar-refractivity contribution is 6.20. The number of aromatic amines is 1. The van der Waals surface area contributed by atoms with E-state index in [1.807, 2.05) is 0 Å². The lowest BCUT2D eigenvalue weighted by atomic mass is 10.1. The molecule has 0 fully saturated rings. The lowest BCUT2D eigenvalue weighted by molar-refractivity contribution is -0.137. The Morgan fingerprint density at radius 3 is 3.00 bits per heavy atom. The van der Waals surface area contributed by atoms with Gasteiger partial charge in [0.1, 0.15) is 0 Å². The molecule has 1 heterocycles. The molecule has 6 heteroatoms. The van der Waals surface area contributed by atoms with Gasteiger partial charge in [0.25, 0.3) is 0 Å². The van der Waals surface area contributed by atoms with E-state index in [1.165, 1.54) is 0 Å². The molecule has 18 heavy (non-hydrogen) atoms. The number of carboxylic acids is 1. The highest BCUT2D eigenvalue weighted by atomic mass is 35.5. The van der Waals surface area contributed by atoms with E-state index < -0.39 is 11.7 Å². The fourth-order valence-corrected chi connectivity index (χ4v) is 2.05. The van der Waals surface area contributed by atoms with Gasteiger partial charge in [-0.2, -0.15) is 0 Å². The Hall–Kier alpha value is -1.75. The molecule has 0 saturated carbocycles. The van der Waals surface area contributed by atoms with Gasteiger partial charge >= 0.3 is 11.7 Å². The van der Waals surface area contributed by atoms with E-state index in [4.69, 9.17) is 21.1 Å². The third-order valence-electron chi connectivity index (χ3n) is 2.65. The Labute approximate surface area is 107 Å². The molecular formula is C12H12ClNO4. The van der Waals surface area contributed by atoms with Gasteiger partial charge in [-0.25, -0.2) is 4.79 Å². The molecule has 2 rings (SSSR count). The summed E-state index contributed by atoms with van der Waals surface area (Å²) in [5, 5.41) is 8.26. The smallest absolute Gasteiger partial charge is 0.417 e. The number of H-pyrrole nitrogens is 1. The van der Waals surface area contributed by atoms with Crippen LogP contribution in [0.15, 0.2) is 27.4 Å². The largest absolute Gasteiger partial charge is 0.481 e. The van der Waals surface area contributed by atoms with E-state index in [1.54, 1.807) is 18.2 Å². The number of oxazole rings is 1. The van der Waals surface area contributed by atoms with Crippen molar-refractivity contribution in [1.82, 2.24) is 4.98 Å². The summed E-state index contributed by atoms with van der Waals surface area (Å²) in [5.74, 6) is -1.33. The minimum absolute atomic E-state index is 0.102. The molecule has 0 amide bonds. The van der Waals surface area contributed by atoms with Gasteiger partial charge in [-0.1, -0.05) is 6.07 Å². The third kappa shape index (κ3) is 2.92. The summed E-state index contributed by atoms with van der Waals surface area (Å²) in [6, 6.07) is 5.22. The Morgan fingerprint density at radius 2 is 2.28 bits per heavy atom. The molecule has 5 nitrogen and oxygen atoms in total. The van der Waals surface area contributed by atoms with E-state index in [9.17, 15) is 9.59 Å². The Kier molecular flexibility index (Phi) is 3.72. The maximum atomic E-state index is 11.0. The number of benzene rings is 1. The lowest BCUT2D eigenvalue weighted by Gasteiger charge is -2.08. The molecule has 0 aliphatic rings. The molecule has 0 radical (unpaired) electrons. The van der Waals surface area contributed by atoms with Crippen molar-refractivity contribution in [3.05, 3.63) is 34.3 Å². The van der Waals surface area contributed by atoms with Crippen molar-refractivity contribution in [1.29, 1.82) is 0 Å². The minimum atomic E-state index is -0.828. The van der Waals surface area contributed by atoms with E-state index in [2.05, 4.69) is 4.98 Å². The highest BCUT2D eigenvalue weighted by Crippen LogP contribution is 2.28. The molecule has 0 aliphatic heterocycles. The molecule has 1 unspecified atom stereocenters. The minimum Gasteiger partial charge on any atom is -0.481 e. The molecular weight excluding hydrogens is 258 g/mol. The maximum absolute atomic E-state index is 11.0. The van der Waals surface area contributed by atoms with Crippen LogP contribution >= 0.6 is 11.6 Å². The normalized spacial score (nSPS) is 12.7. The van der Waals surface area contributed by atoms with Crippen LogP contribution in [0, 0.1) is 0 Å². The highest BCUT2D eigenvalue weighted by Gasteiger charge is 2.11. The van der Waals surface area contributed by atoms with E-state index >= 15 is 0 Å². The number of fused-ring (bicyclic) bond motifs is 1. The van der Waals surface area contributed by atoms with E-state index in [0.717, 1.165) is 5.56 Å². The summed E-state index contributed by atoms with van der Waals surface area (Å²) in [5.41, 5.74) is 1.90. The van der Waals surface area contributed by atoms with Gasteiger partial charge in [-0.05, 0) is 30.5 Å². The van der Waals surface area contributed by atoms with Crippen LogP contribution in [0.1, 0.15) is 30.2 Å². The van der Waals surface area contributed by atoms with E-state index in [-0.39, 0.29) is 11.8 Å². The molecule has 1 aromatic carbocycles. The fourth-order valence-electron chi connectivity index (χ4n) is 1.76. The molecule has 96 valence electrons. The Morgan fingerprint density at radius 1 is 1.50 bits per heavy atom. The van der Waals surface area contributed by atoms with Crippen LogP contribution in [0.25, 0.3) is 11.1 Å². The summed E-state index contributed by atoms with van der Waals surface area (Å²) in [7, 11) is 0. The van der Waals surface area contributed by atoms with Crippen LogP contribution in [0.4, 0.5) is 0 Å². The zero-order chi connectivity index (χ0) is 13.1. The Bertz CT molecular complexity index is 616. The summed E-state index contributed by atoms with van der Waals surface area (Å²) in [6.07, 6.45) is 1.18. The molecule has 0 spiro atoms. The van der Waals surface area contributed by atoms with Gasteiger partial charge in [0, 0.05) is 6.42 Å². The monoisotopic (exact) mass is 269 g/mol. The summed E-state index contributed by atoms with van der Waals surface area (Å²) < 4.78 is 4.94. The SMILES string of the molecule is O=C(O)CCCC(Cl)c1ccc2[nH]c(=O)oc2c1. The second-order valence-corrected chi connectivity index (χ2v) is 4.55. The average molecular weight is 270 g/mol. The number of hydrogen-bond donors (Lipinski definition) is 2. The summed E-state index contributed by atoms with van der Waals surface area (Å²) in [6.45, 7) is 0.